The summed E-state index contributed by atoms with van der Waals surface area (Å²) in [6, 6.07) is 0. The Balaban J connectivity index is 1.77. The van der Waals surface area contributed by atoms with Crippen molar-refractivity contribution < 1.29 is 10.2 Å². The fraction of sp³-hybridized carbons (Fsp3) is 0.900. The van der Waals surface area contributed by atoms with Crippen molar-refractivity contribution in [3.8, 4) is 0 Å². The van der Waals surface area contributed by atoms with Gasteiger partial charge in [-0.05, 0) is 79.1 Å². The Morgan fingerprint density at radius 3 is 2.41 bits per heavy atom. The van der Waals surface area contributed by atoms with Gasteiger partial charge in [-0.1, -0.05) is 27.4 Å². The largest absolute Gasteiger partial charge is 0.393 e. The molecule has 2 bridgehead atoms. The summed E-state index contributed by atoms with van der Waals surface area (Å²) in [5.41, 5.74) is 1.51. The topological polar surface area (TPSA) is 40.5 Å². The molecule has 0 radical (unpaired) electrons. The molecule has 4 fully saturated rings. The van der Waals surface area contributed by atoms with E-state index in [1.54, 1.807) is 0 Å². The lowest BCUT2D eigenvalue weighted by molar-refractivity contribution is -0.195. The van der Waals surface area contributed by atoms with Crippen LogP contribution in [0.3, 0.4) is 0 Å². The van der Waals surface area contributed by atoms with E-state index in [-0.39, 0.29) is 28.5 Å². The van der Waals surface area contributed by atoms with Crippen molar-refractivity contribution in [1.82, 2.24) is 0 Å². The van der Waals surface area contributed by atoms with E-state index in [4.69, 9.17) is 0 Å². The van der Waals surface area contributed by atoms with Gasteiger partial charge in [-0.3, -0.25) is 0 Å². The molecule has 0 amide bonds. The van der Waals surface area contributed by atoms with Crippen LogP contribution in [0.4, 0.5) is 0 Å². The van der Waals surface area contributed by atoms with Crippen molar-refractivity contribution in [2.75, 3.05) is 0 Å². The van der Waals surface area contributed by atoms with Crippen molar-refractivity contribution >= 4 is 0 Å². The van der Waals surface area contributed by atoms with Crippen LogP contribution >= 0.6 is 0 Å². The molecule has 22 heavy (non-hydrogen) atoms. The summed E-state index contributed by atoms with van der Waals surface area (Å²) in [6.07, 6.45) is 7.53. The normalized spacial score (nSPS) is 56.4. The average molecular weight is 304 g/mol. The fourth-order valence-corrected chi connectivity index (χ4v) is 7.58. The van der Waals surface area contributed by atoms with E-state index >= 15 is 0 Å². The number of rotatable bonds is 0. The minimum atomic E-state index is -0.280. The number of hydrogen-bond donors (Lipinski definition) is 2. The summed E-state index contributed by atoms with van der Waals surface area (Å²) in [5.74, 6) is 1.75. The van der Waals surface area contributed by atoms with E-state index in [1.165, 1.54) is 19.3 Å². The van der Waals surface area contributed by atoms with Gasteiger partial charge in [0, 0.05) is 5.41 Å². The lowest BCUT2D eigenvalue weighted by Gasteiger charge is -2.65. The molecule has 2 nitrogen and oxygen atoms in total. The smallest absolute Gasteiger partial charge is 0.0809 e. The molecule has 0 aromatic heterocycles. The first-order valence-corrected chi connectivity index (χ1v) is 9.28. The van der Waals surface area contributed by atoms with Gasteiger partial charge >= 0.3 is 0 Å². The van der Waals surface area contributed by atoms with Crippen LogP contribution in [0.15, 0.2) is 12.2 Å². The maximum atomic E-state index is 11.0. The van der Waals surface area contributed by atoms with Gasteiger partial charge in [0.15, 0.2) is 0 Å². The lowest BCUT2D eigenvalue weighted by atomic mass is 9.40. The monoisotopic (exact) mass is 304 g/mol. The maximum absolute atomic E-state index is 11.0. The standard InChI is InChI=1S/C20H32O2/c1-12-13-5-6-15-19(4)9-8-16(21)18(2,3)14(19)7-10-20(15,11-13)17(12)22/h13-17,21-22H,1,5-11H2,2-4H3. The molecule has 2 N–H and O–H groups in total. The third-order valence-electron chi connectivity index (χ3n) is 8.75. The van der Waals surface area contributed by atoms with Crippen molar-refractivity contribution in [3.05, 3.63) is 12.2 Å². The van der Waals surface area contributed by atoms with E-state index in [0.717, 1.165) is 31.3 Å². The number of fused-ring (bicyclic) bond motifs is 3. The SMILES string of the molecule is C=C1C2CCC3C4(C)CCC(O)C(C)(C)C4CCC3(C2)C1O. The van der Waals surface area contributed by atoms with Crippen LogP contribution in [-0.4, -0.2) is 22.4 Å². The Bertz CT molecular complexity index is 510. The molecule has 0 aromatic carbocycles. The van der Waals surface area contributed by atoms with Crippen molar-refractivity contribution in [2.45, 2.75) is 77.9 Å². The summed E-state index contributed by atoms with van der Waals surface area (Å²) in [4.78, 5) is 0. The molecule has 4 aliphatic carbocycles. The fourth-order valence-electron chi connectivity index (χ4n) is 7.58. The highest BCUT2D eigenvalue weighted by atomic mass is 16.3. The lowest BCUT2D eigenvalue weighted by Crippen LogP contribution is -2.61. The van der Waals surface area contributed by atoms with Crippen LogP contribution in [0.5, 0.6) is 0 Å². The van der Waals surface area contributed by atoms with E-state index in [2.05, 4.69) is 27.4 Å². The molecule has 1 spiro atoms. The molecule has 7 atom stereocenters. The Hall–Kier alpha value is -0.340. The second-order valence-corrected chi connectivity index (χ2v) is 9.71. The second-order valence-electron chi connectivity index (χ2n) is 9.71. The number of hydrogen-bond acceptors (Lipinski definition) is 2. The van der Waals surface area contributed by atoms with E-state index < -0.39 is 0 Å². The third kappa shape index (κ3) is 1.59. The highest BCUT2D eigenvalue weighted by Crippen LogP contribution is 2.71. The second kappa shape index (κ2) is 4.39. The molecular formula is C20H32O2. The quantitative estimate of drug-likeness (QED) is 0.666. The third-order valence-corrected chi connectivity index (χ3v) is 8.75. The molecule has 0 heterocycles. The Morgan fingerprint density at radius 2 is 1.68 bits per heavy atom. The van der Waals surface area contributed by atoms with Gasteiger partial charge < -0.3 is 10.2 Å². The van der Waals surface area contributed by atoms with Crippen LogP contribution in [-0.2, 0) is 0 Å². The average Bonchev–Trinajstić information content (AvgIpc) is 2.65. The van der Waals surface area contributed by atoms with Crippen molar-refractivity contribution in [1.29, 1.82) is 0 Å². The minimum Gasteiger partial charge on any atom is -0.393 e. The highest BCUT2D eigenvalue weighted by molar-refractivity contribution is 5.27. The van der Waals surface area contributed by atoms with Crippen LogP contribution in [0.2, 0.25) is 0 Å². The van der Waals surface area contributed by atoms with Crippen LogP contribution in [0, 0.1) is 34.0 Å². The van der Waals surface area contributed by atoms with E-state index in [9.17, 15) is 10.2 Å². The van der Waals surface area contributed by atoms with Crippen molar-refractivity contribution in [2.24, 2.45) is 34.0 Å². The molecule has 2 heteroatoms. The Kier molecular flexibility index (Phi) is 3.03. The molecule has 4 saturated carbocycles. The summed E-state index contributed by atoms with van der Waals surface area (Å²) in [6.45, 7) is 11.3. The summed E-state index contributed by atoms with van der Waals surface area (Å²) in [5, 5.41) is 21.5. The highest BCUT2D eigenvalue weighted by Gasteiger charge is 2.66. The van der Waals surface area contributed by atoms with Crippen molar-refractivity contribution in [3.63, 3.8) is 0 Å². The van der Waals surface area contributed by atoms with Crippen LogP contribution < -0.4 is 0 Å². The molecule has 124 valence electrons. The first kappa shape index (κ1) is 15.2. The van der Waals surface area contributed by atoms with Gasteiger partial charge in [-0.2, -0.15) is 0 Å². The van der Waals surface area contributed by atoms with E-state index in [0.29, 0.717) is 17.8 Å². The zero-order valence-electron chi connectivity index (χ0n) is 14.4. The van der Waals surface area contributed by atoms with Crippen LogP contribution in [0.1, 0.15) is 65.7 Å². The number of aliphatic hydroxyl groups excluding tert-OH is 2. The molecule has 7 unspecified atom stereocenters. The van der Waals surface area contributed by atoms with E-state index in [1.807, 2.05) is 0 Å². The molecule has 4 aliphatic rings. The van der Waals surface area contributed by atoms with Crippen LogP contribution in [0.25, 0.3) is 0 Å². The molecule has 4 rings (SSSR count). The van der Waals surface area contributed by atoms with Gasteiger partial charge in [-0.15, -0.1) is 0 Å². The maximum Gasteiger partial charge on any atom is 0.0809 e. The molecule has 0 saturated heterocycles. The summed E-state index contributed by atoms with van der Waals surface area (Å²) >= 11 is 0. The van der Waals surface area contributed by atoms with Gasteiger partial charge in [0.2, 0.25) is 0 Å². The molecular weight excluding hydrogens is 272 g/mol. The zero-order chi connectivity index (χ0) is 15.9. The first-order valence-electron chi connectivity index (χ1n) is 9.28. The van der Waals surface area contributed by atoms with Gasteiger partial charge in [0.25, 0.3) is 0 Å². The Morgan fingerprint density at radius 1 is 0.955 bits per heavy atom. The Labute approximate surface area is 135 Å². The first-order chi connectivity index (χ1) is 10.2. The summed E-state index contributed by atoms with van der Waals surface area (Å²) in [7, 11) is 0. The van der Waals surface area contributed by atoms with Gasteiger partial charge in [-0.25, -0.2) is 0 Å². The number of aliphatic hydroxyl groups is 2. The molecule has 0 aromatic rings. The summed E-state index contributed by atoms with van der Waals surface area (Å²) < 4.78 is 0. The van der Waals surface area contributed by atoms with Gasteiger partial charge in [0.05, 0.1) is 12.2 Å². The predicted molar refractivity (Wildman–Crippen MR) is 88.3 cm³/mol. The predicted octanol–water partition coefficient (Wildman–Crippen LogP) is 3.92. The minimum absolute atomic E-state index is 0.00598. The zero-order valence-corrected chi connectivity index (χ0v) is 14.4. The van der Waals surface area contributed by atoms with Gasteiger partial charge in [0.1, 0.15) is 0 Å². The molecule has 0 aliphatic heterocycles.